The summed E-state index contributed by atoms with van der Waals surface area (Å²) in [6.45, 7) is 2.23. The zero-order chi connectivity index (χ0) is 18.9. The topological polar surface area (TPSA) is 68.8 Å². The molecule has 26 heavy (non-hydrogen) atoms. The molecule has 0 saturated heterocycles. The van der Waals surface area contributed by atoms with Crippen molar-refractivity contribution < 1.29 is 19.0 Å². The normalized spacial score (nSPS) is 11.4. The number of hydrogen-bond acceptors (Lipinski definition) is 4. The number of ether oxygens (including phenoxy) is 3. The third kappa shape index (κ3) is 6.04. The number of carbonyl (C=O) groups excluding carboxylic acids is 1. The number of nitrogens with one attached hydrogen (secondary N) is 2. The van der Waals surface area contributed by atoms with Crippen LogP contribution in [0.4, 0.5) is 4.79 Å². The fourth-order valence-electron chi connectivity index (χ4n) is 2.34. The summed E-state index contributed by atoms with van der Waals surface area (Å²) in [7, 11) is 3.19. The second-order valence-corrected chi connectivity index (χ2v) is 5.99. The Morgan fingerprint density at radius 1 is 1.08 bits per heavy atom. The van der Waals surface area contributed by atoms with Crippen LogP contribution in [0.3, 0.4) is 0 Å². The number of halogens is 1. The van der Waals surface area contributed by atoms with Gasteiger partial charge in [-0.25, -0.2) is 4.79 Å². The van der Waals surface area contributed by atoms with E-state index in [-0.39, 0.29) is 6.03 Å². The van der Waals surface area contributed by atoms with E-state index >= 15 is 0 Å². The Balaban J connectivity index is 1.75. The Morgan fingerprint density at radius 2 is 1.77 bits per heavy atom. The molecule has 0 spiro atoms. The molecular weight excluding hydrogens is 356 g/mol. The van der Waals surface area contributed by atoms with Crippen LogP contribution in [-0.2, 0) is 6.42 Å². The lowest BCUT2D eigenvalue weighted by Gasteiger charge is -2.17. The largest absolute Gasteiger partial charge is 0.493 e. The first kappa shape index (κ1) is 19.7. The van der Waals surface area contributed by atoms with Gasteiger partial charge in [-0.3, -0.25) is 0 Å². The van der Waals surface area contributed by atoms with Crippen molar-refractivity contribution in [2.24, 2.45) is 0 Å². The third-order valence-corrected chi connectivity index (χ3v) is 3.86. The van der Waals surface area contributed by atoms with Gasteiger partial charge >= 0.3 is 6.03 Å². The lowest BCUT2D eigenvalue weighted by molar-refractivity contribution is 0.177. The zero-order valence-corrected chi connectivity index (χ0v) is 15.8. The van der Waals surface area contributed by atoms with Gasteiger partial charge in [0.15, 0.2) is 17.7 Å². The van der Waals surface area contributed by atoms with Crippen LogP contribution >= 0.6 is 11.6 Å². The third-order valence-electron chi connectivity index (χ3n) is 3.61. The fourth-order valence-corrected chi connectivity index (χ4v) is 2.46. The van der Waals surface area contributed by atoms with Crippen LogP contribution in [0.25, 0.3) is 0 Å². The highest BCUT2D eigenvalue weighted by molar-refractivity contribution is 6.30. The van der Waals surface area contributed by atoms with Gasteiger partial charge in [-0.1, -0.05) is 17.7 Å². The first-order valence-electron chi connectivity index (χ1n) is 8.19. The molecule has 0 aliphatic rings. The highest BCUT2D eigenvalue weighted by Crippen LogP contribution is 2.27. The van der Waals surface area contributed by atoms with Gasteiger partial charge in [-0.15, -0.1) is 0 Å². The maximum atomic E-state index is 11.9. The van der Waals surface area contributed by atoms with Crippen LogP contribution in [0.15, 0.2) is 42.5 Å². The van der Waals surface area contributed by atoms with Gasteiger partial charge in [0.2, 0.25) is 0 Å². The van der Waals surface area contributed by atoms with Gasteiger partial charge in [-0.05, 0) is 55.3 Å². The van der Waals surface area contributed by atoms with E-state index in [1.807, 2.05) is 18.2 Å². The molecule has 0 heterocycles. The Bertz CT molecular complexity index is 722. The summed E-state index contributed by atoms with van der Waals surface area (Å²) in [5.74, 6) is 1.97. The highest BCUT2D eigenvalue weighted by atomic mass is 35.5. The number of hydrogen-bond donors (Lipinski definition) is 2. The first-order valence-corrected chi connectivity index (χ1v) is 8.57. The molecule has 2 rings (SSSR count). The van der Waals surface area contributed by atoms with Gasteiger partial charge < -0.3 is 24.8 Å². The van der Waals surface area contributed by atoms with Gasteiger partial charge in [0, 0.05) is 11.6 Å². The lowest BCUT2D eigenvalue weighted by Crippen LogP contribution is -2.43. The number of urea groups is 1. The van der Waals surface area contributed by atoms with E-state index in [2.05, 4.69) is 10.6 Å². The van der Waals surface area contributed by atoms with Crippen molar-refractivity contribution in [2.45, 2.75) is 19.6 Å². The molecule has 0 saturated carbocycles. The molecule has 2 aromatic carbocycles. The number of rotatable bonds is 8. The first-order chi connectivity index (χ1) is 12.5. The Morgan fingerprint density at radius 3 is 2.42 bits per heavy atom. The number of amides is 2. The number of benzene rings is 2. The van der Waals surface area contributed by atoms with E-state index in [9.17, 15) is 4.79 Å². The van der Waals surface area contributed by atoms with Crippen molar-refractivity contribution >= 4 is 17.6 Å². The molecule has 6 nitrogen and oxygen atoms in total. The Kier molecular flexibility index (Phi) is 7.41. The van der Waals surface area contributed by atoms with Crippen molar-refractivity contribution in [1.29, 1.82) is 0 Å². The summed E-state index contributed by atoms with van der Waals surface area (Å²) in [5.41, 5.74) is 1.04. The van der Waals surface area contributed by atoms with E-state index in [1.165, 1.54) is 0 Å². The molecule has 0 aliphatic heterocycles. The molecule has 0 aliphatic carbocycles. The Labute approximate surface area is 158 Å². The summed E-state index contributed by atoms with van der Waals surface area (Å²) >= 11 is 5.83. The van der Waals surface area contributed by atoms with Crippen LogP contribution in [0.5, 0.6) is 17.2 Å². The summed E-state index contributed by atoms with van der Waals surface area (Å²) in [4.78, 5) is 11.9. The second-order valence-electron chi connectivity index (χ2n) is 5.55. The molecule has 2 amide bonds. The van der Waals surface area contributed by atoms with Crippen LogP contribution < -0.4 is 24.8 Å². The lowest BCUT2D eigenvalue weighted by atomic mass is 10.1. The van der Waals surface area contributed by atoms with E-state index in [0.29, 0.717) is 35.2 Å². The van der Waals surface area contributed by atoms with Gasteiger partial charge in [0.05, 0.1) is 14.2 Å². The van der Waals surface area contributed by atoms with Crippen LogP contribution in [0.1, 0.15) is 12.5 Å². The van der Waals surface area contributed by atoms with Gasteiger partial charge in [0.1, 0.15) is 5.75 Å². The minimum atomic E-state index is -0.475. The number of carbonyl (C=O) groups is 1. The maximum Gasteiger partial charge on any atom is 0.317 e. The van der Waals surface area contributed by atoms with Crippen molar-refractivity contribution in [3.8, 4) is 17.2 Å². The van der Waals surface area contributed by atoms with Crippen molar-refractivity contribution in [3.63, 3.8) is 0 Å². The van der Waals surface area contributed by atoms with E-state index in [0.717, 1.165) is 5.56 Å². The number of methoxy groups -OCH3 is 2. The summed E-state index contributed by atoms with van der Waals surface area (Å²) in [6.07, 6.45) is 0.192. The predicted molar refractivity (Wildman–Crippen MR) is 101 cm³/mol. The molecule has 1 atom stereocenters. The molecule has 0 radical (unpaired) electrons. The highest BCUT2D eigenvalue weighted by Gasteiger charge is 2.09. The molecule has 0 fully saturated rings. The smallest absolute Gasteiger partial charge is 0.317 e. The molecule has 1 unspecified atom stereocenters. The van der Waals surface area contributed by atoms with Gasteiger partial charge in [0.25, 0.3) is 0 Å². The van der Waals surface area contributed by atoms with Gasteiger partial charge in [-0.2, -0.15) is 0 Å². The average molecular weight is 379 g/mol. The molecule has 140 valence electrons. The monoisotopic (exact) mass is 378 g/mol. The van der Waals surface area contributed by atoms with Crippen LogP contribution in [0, 0.1) is 0 Å². The standard InChI is InChI=1S/C19H23ClN2O4/c1-13(26-16-7-5-15(20)6-8-16)22-19(23)21-11-10-14-4-9-17(24-2)18(12-14)25-3/h4-9,12-13H,10-11H2,1-3H3,(H2,21,22,23). The summed E-state index contributed by atoms with van der Waals surface area (Å²) in [5, 5.41) is 6.15. The van der Waals surface area contributed by atoms with E-state index in [1.54, 1.807) is 45.4 Å². The van der Waals surface area contributed by atoms with E-state index in [4.69, 9.17) is 25.8 Å². The quantitative estimate of drug-likeness (QED) is 0.688. The maximum absolute atomic E-state index is 11.9. The van der Waals surface area contributed by atoms with Crippen molar-refractivity contribution in [2.75, 3.05) is 20.8 Å². The molecule has 0 aromatic heterocycles. The fraction of sp³-hybridized carbons (Fsp3) is 0.316. The second kappa shape index (κ2) is 9.77. The summed E-state index contributed by atoms with van der Waals surface area (Å²) in [6, 6.07) is 12.3. The van der Waals surface area contributed by atoms with Crippen molar-refractivity contribution in [1.82, 2.24) is 10.6 Å². The van der Waals surface area contributed by atoms with Crippen LogP contribution in [0.2, 0.25) is 5.02 Å². The Hall–Kier alpha value is -2.60. The summed E-state index contributed by atoms with van der Waals surface area (Å²) < 4.78 is 16.1. The molecule has 0 bridgehead atoms. The van der Waals surface area contributed by atoms with Crippen LogP contribution in [-0.4, -0.2) is 33.0 Å². The van der Waals surface area contributed by atoms with E-state index < -0.39 is 6.23 Å². The molecule has 2 aromatic rings. The minimum absolute atomic E-state index is 0.299. The minimum Gasteiger partial charge on any atom is -0.493 e. The zero-order valence-electron chi connectivity index (χ0n) is 15.0. The van der Waals surface area contributed by atoms with Crippen molar-refractivity contribution in [3.05, 3.63) is 53.1 Å². The molecular formula is C19H23ClN2O4. The molecule has 7 heteroatoms. The molecule has 2 N–H and O–H groups in total. The average Bonchev–Trinajstić information content (AvgIpc) is 2.63. The SMILES string of the molecule is COc1ccc(CCNC(=O)NC(C)Oc2ccc(Cl)cc2)cc1OC. The predicted octanol–water partition coefficient (Wildman–Crippen LogP) is 3.62.